The van der Waals surface area contributed by atoms with E-state index in [4.69, 9.17) is 10.2 Å². The molecule has 4 N–H and O–H groups in total. The zero-order valence-electron chi connectivity index (χ0n) is 10.5. The van der Waals surface area contributed by atoms with Crippen LogP contribution < -0.4 is 10.6 Å². The van der Waals surface area contributed by atoms with Crippen LogP contribution in [0.2, 0.25) is 0 Å². The zero-order valence-corrected chi connectivity index (χ0v) is 11.4. The van der Waals surface area contributed by atoms with Crippen molar-refractivity contribution >= 4 is 23.3 Å². The standard InChI is InChI=1S/C11H17N3O4S/c1-2-7-5-13-9(19-7)6-14-11(18)12-4-3-8(15)10(16)17/h5,8,15H,2-4,6H2,1H3,(H,16,17)(H2,12,14,18)/t8-/m0/s1. The quantitative estimate of drug-likeness (QED) is 0.578. The first-order valence-electron chi connectivity index (χ1n) is 5.89. The number of carbonyl (C=O) groups excluding carboxylic acids is 1. The van der Waals surface area contributed by atoms with Crippen LogP contribution in [0.1, 0.15) is 23.2 Å². The molecule has 0 fully saturated rings. The molecule has 1 rings (SSSR count). The third-order valence-corrected chi connectivity index (χ3v) is 3.48. The summed E-state index contributed by atoms with van der Waals surface area (Å²) >= 11 is 1.54. The topological polar surface area (TPSA) is 112 Å². The maximum absolute atomic E-state index is 11.4. The van der Waals surface area contributed by atoms with Crippen LogP contribution in [0.25, 0.3) is 0 Å². The number of amides is 2. The normalized spacial score (nSPS) is 11.9. The van der Waals surface area contributed by atoms with Gasteiger partial charge in [-0.05, 0) is 6.42 Å². The molecule has 1 atom stereocenters. The highest BCUT2D eigenvalue weighted by Gasteiger charge is 2.12. The maximum Gasteiger partial charge on any atom is 0.332 e. The van der Waals surface area contributed by atoms with E-state index in [1.165, 1.54) is 11.3 Å². The van der Waals surface area contributed by atoms with Gasteiger partial charge in [-0.25, -0.2) is 14.6 Å². The van der Waals surface area contributed by atoms with E-state index in [9.17, 15) is 9.59 Å². The number of carbonyl (C=O) groups is 2. The SMILES string of the molecule is CCc1cnc(CNC(=O)NCC[C@H](O)C(=O)O)s1. The van der Waals surface area contributed by atoms with E-state index >= 15 is 0 Å². The highest BCUT2D eigenvalue weighted by atomic mass is 32.1. The number of carboxylic acid groups (broad SMARTS) is 1. The van der Waals surface area contributed by atoms with Gasteiger partial charge in [0.05, 0.1) is 6.54 Å². The molecule has 1 aromatic heterocycles. The number of carboxylic acids is 1. The van der Waals surface area contributed by atoms with Crippen molar-refractivity contribution in [1.82, 2.24) is 15.6 Å². The number of urea groups is 1. The fourth-order valence-corrected chi connectivity index (χ4v) is 2.06. The Morgan fingerprint density at radius 2 is 2.21 bits per heavy atom. The van der Waals surface area contributed by atoms with Gasteiger partial charge < -0.3 is 20.8 Å². The van der Waals surface area contributed by atoms with Gasteiger partial charge in [0.15, 0.2) is 6.10 Å². The molecule has 19 heavy (non-hydrogen) atoms. The zero-order chi connectivity index (χ0) is 14.3. The summed E-state index contributed by atoms with van der Waals surface area (Å²) in [5.74, 6) is -1.29. The second-order valence-electron chi connectivity index (χ2n) is 3.83. The molecule has 8 heteroatoms. The van der Waals surface area contributed by atoms with Crippen LogP contribution >= 0.6 is 11.3 Å². The van der Waals surface area contributed by atoms with Crippen LogP contribution in [0.4, 0.5) is 4.79 Å². The molecule has 1 heterocycles. The molecule has 7 nitrogen and oxygen atoms in total. The minimum absolute atomic E-state index is 0.0278. The van der Waals surface area contributed by atoms with Crippen LogP contribution in [0.15, 0.2) is 6.20 Å². The summed E-state index contributed by atoms with van der Waals surface area (Å²) in [6.07, 6.45) is 1.21. The Bertz CT molecular complexity index is 435. The van der Waals surface area contributed by atoms with E-state index in [1.807, 2.05) is 6.92 Å². The van der Waals surface area contributed by atoms with Crippen LogP contribution in [0, 0.1) is 0 Å². The molecular weight excluding hydrogens is 270 g/mol. The summed E-state index contributed by atoms with van der Waals surface area (Å²) < 4.78 is 0. The number of rotatable bonds is 7. The number of nitrogens with one attached hydrogen (secondary N) is 2. The van der Waals surface area contributed by atoms with Gasteiger partial charge in [0.1, 0.15) is 5.01 Å². The highest BCUT2D eigenvalue weighted by Crippen LogP contribution is 2.12. The van der Waals surface area contributed by atoms with Gasteiger partial charge in [0.25, 0.3) is 0 Å². The molecule has 0 bridgehead atoms. The lowest BCUT2D eigenvalue weighted by Crippen LogP contribution is -2.37. The van der Waals surface area contributed by atoms with E-state index in [2.05, 4.69) is 15.6 Å². The lowest BCUT2D eigenvalue weighted by Gasteiger charge is -2.07. The first-order valence-corrected chi connectivity index (χ1v) is 6.70. The number of nitrogens with zero attached hydrogens (tertiary/aromatic N) is 1. The summed E-state index contributed by atoms with van der Waals surface area (Å²) in [5, 5.41) is 23.3. The van der Waals surface area contributed by atoms with E-state index in [1.54, 1.807) is 6.20 Å². The number of aromatic nitrogens is 1. The monoisotopic (exact) mass is 287 g/mol. The van der Waals surface area contributed by atoms with Gasteiger partial charge in [-0.1, -0.05) is 6.92 Å². The molecule has 0 spiro atoms. The Morgan fingerprint density at radius 1 is 1.47 bits per heavy atom. The Kier molecular flexibility index (Phi) is 6.23. The molecule has 0 aromatic carbocycles. The summed E-state index contributed by atoms with van der Waals surface area (Å²) in [5.41, 5.74) is 0. The van der Waals surface area contributed by atoms with Crippen molar-refractivity contribution in [3.63, 3.8) is 0 Å². The first-order chi connectivity index (χ1) is 9.02. The summed E-state index contributed by atoms with van der Waals surface area (Å²) in [6, 6.07) is -0.411. The van der Waals surface area contributed by atoms with Gasteiger partial charge in [-0.3, -0.25) is 0 Å². The summed E-state index contributed by atoms with van der Waals surface area (Å²) in [4.78, 5) is 27.0. The first kappa shape index (κ1) is 15.4. The van der Waals surface area contributed by atoms with Gasteiger partial charge in [-0.2, -0.15) is 0 Å². The van der Waals surface area contributed by atoms with Crippen molar-refractivity contribution < 1.29 is 19.8 Å². The van der Waals surface area contributed by atoms with Crippen molar-refractivity contribution in [3.05, 3.63) is 16.1 Å². The number of hydrogen-bond acceptors (Lipinski definition) is 5. The predicted octanol–water partition coefficient (Wildman–Crippen LogP) is 0.340. The van der Waals surface area contributed by atoms with E-state index < -0.39 is 18.1 Å². The number of hydrogen-bond donors (Lipinski definition) is 4. The fourth-order valence-electron chi connectivity index (χ4n) is 1.26. The third-order valence-electron chi connectivity index (χ3n) is 2.34. The fraction of sp³-hybridized carbons (Fsp3) is 0.545. The summed E-state index contributed by atoms with van der Waals surface area (Å²) in [6.45, 7) is 2.46. The largest absolute Gasteiger partial charge is 0.479 e. The molecule has 0 radical (unpaired) electrons. The molecule has 0 aliphatic carbocycles. The predicted molar refractivity (Wildman–Crippen MR) is 70.0 cm³/mol. The molecule has 0 aliphatic heterocycles. The average molecular weight is 287 g/mol. The molecule has 0 unspecified atom stereocenters. The molecular formula is C11H17N3O4S. The minimum Gasteiger partial charge on any atom is -0.479 e. The van der Waals surface area contributed by atoms with Crippen molar-refractivity contribution in [2.45, 2.75) is 32.4 Å². The van der Waals surface area contributed by atoms with Gasteiger partial charge in [0.2, 0.25) is 0 Å². The van der Waals surface area contributed by atoms with Crippen molar-refractivity contribution in [3.8, 4) is 0 Å². The number of thiazole rings is 1. The minimum atomic E-state index is -1.45. The molecule has 1 aromatic rings. The lowest BCUT2D eigenvalue weighted by atomic mass is 10.2. The van der Waals surface area contributed by atoms with Crippen LogP contribution in [-0.2, 0) is 17.8 Å². The van der Waals surface area contributed by atoms with Crippen molar-refractivity contribution in [2.75, 3.05) is 6.54 Å². The van der Waals surface area contributed by atoms with Crippen LogP contribution in [0.3, 0.4) is 0 Å². The Balaban J connectivity index is 2.19. The van der Waals surface area contributed by atoms with Gasteiger partial charge in [0, 0.05) is 24.0 Å². The van der Waals surface area contributed by atoms with Gasteiger partial charge >= 0.3 is 12.0 Å². The maximum atomic E-state index is 11.4. The number of aliphatic hydroxyl groups excluding tert-OH is 1. The Labute approximate surface area is 114 Å². The summed E-state index contributed by atoms with van der Waals surface area (Å²) in [7, 11) is 0. The van der Waals surface area contributed by atoms with Gasteiger partial charge in [-0.15, -0.1) is 11.3 Å². The smallest absolute Gasteiger partial charge is 0.332 e. The number of aliphatic hydroxyl groups is 1. The third kappa shape index (κ3) is 5.66. The second kappa shape index (κ2) is 7.70. The van der Waals surface area contributed by atoms with E-state index in [-0.39, 0.29) is 13.0 Å². The lowest BCUT2D eigenvalue weighted by molar-refractivity contribution is -0.146. The highest BCUT2D eigenvalue weighted by molar-refractivity contribution is 7.11. The van der Waals surface area contributed by atoms with Crippen LogP contribution in [0.5, 0.6) is 0 Å². The second-order valence-corrected chi connectivity index (χ2v) is 5.03. The Hall–Kier alpha value is -1.67. The van der Waals surface area contributed by atoms with Crippen LogP contribution in [-0.4, -0.2) is 39.8 Å². The molecule has 2 amide bonds. The molecule has 0 aliphatic rings. The Morgan fingerprint density at radius 3 is 2.79 bits per heavy atom. The molecule has 106 valence electrons. The number of aryl methyl sites for hydroxylation is 1. The average Bonchev–Trinajstić information content (AvgIpc) is 2.84. The number of aliphatic carboxylic acids is 1. The van der Waals surface area contributed by atoms with E-state index in [0.29, 0.717) is 6.54 Å². The molecule has 0 saturated carbocycles. The van der Waals surface area contributed by atoms with Crippen molar-refractivity contribution in [1.29, 1.82) is 0 Å². The van der Waals surface area contributed by atoms with Crippen molar-refractivity contribution in [2.24, 2.45) is 0 Å². The van der Waals surface area contributed by atoms with E-state index in [0.717, 1.165) is 16.3 Å². The molecule has 0 saturated heterocycles.